The Hall–Kier alpha value is -0.120. The van der Waals surface area contributed by atoms with Crippen LogP contribution in [-0.2, 0) is 4.74 Å². The first-order valence-corrected chi connectivity index (χ1v) is 5.24. The van der Waals surface area contributed by atoms with Gasteiger partial charge in [0.15, 0.2) is 0 Å². The minimum atomic E-state index is 0.0451. The smallest absolute Gasteiger partial charge is 0.0932 e. The number of hydrogen-bond donors (Lipinski definition) is 1. The van der Waals surface area contributed by atoms with Crippen molar-refractivity contribution in [3.05, 3.63) is 0 Å². The average molecular weight is 191 g/mol. The molecule has 3 nitrogen and oxygen atoms in total. The number of nitrogens with zero attached hydrogens (tertiary/aromatic N) is 1. The van der Waals surface area contributed by atoms with E-state index >= 15 is 0 Å². The molecule has 1 N–H and O–H groups in total. The van der Waals surface area contributed by atoms with Crippen LogP contribution in [0.5, 0.6) is 0 Å². The Bertz CT molecular complexity index is 89.0. The normalized spacial score (nSPS) is 22.2. The second kappa shape index (κ2) is 11.9. The summed E-state index contributed by atoms with van der Waals surface area (Å²) >= 11 is 0. The zero-order valence-corrected chi connectivity index (χ0v) is 9.71. The highest BCUT2D eigenvalue weighted by Gasteiger charge is 2.15. The molecule has 0 aliphatic carbocycles. The van der Waals surface area contributed by atoms with E-state index in [4.69, 9.17) is 9.84 Å². The van der Waals surface area contributed by atoms with Gasteiger partial charge in [-0.2, -0.15) is 0 Å². The molecule has 1 atom stereocenters. The summed E-state index contributed by atoms with van der Waals surface area (Å²) in [6.07, 6.45) is 0.0451. The van der Waals surface area contributed by atoms with Crippen LogP contribution in [0.1, 0.15) is 27.7 Å². The predicted octanol–water partition coefficient (Wildman–Crippen LogP) is 1.36. The summed E-state index contributed by atoms with van der Waals surface area (Å²) in [6, 6.07) is 0. The summed E-state index contributed by atoms with van der Waals surface area (Å²) in [7, 11) is 2.03. The lowest BCUT2D eigenvalue weighted by atomic mass is 10.3. The van der Waals surface area contributed by atoms with Crippen LogP contribution in [0.3, 0.4) is 0 Å². The minimum Gasteiger partial charge on any atom is -0.394 e. The van der Waals surface area contributed by atoms with Gasteiger partial charge in [-0.15, -0.1) is 0 Å². The molecular formula is C10H25NO2. The molecule has 0 bridgehead atoms. The van der Waals surface area contributed by atoms with Crippen LogP contribution < -0.4 is 0 Å². The van der Waals surface area contributed by atoms with Gasteiger partial charge in [-0.3, -0.25) is 0 Å². The average Bonchev–Trinajstić information content (AvgIpc) is 2.24. The van der Waals surface area contributed by atoms with Gasteiger partial charge in [0.1, 0.15) is 0 Å². The van der Waals surface area contributed by atoms with Crippen LogP contribution in [0.15, 0.2) is 0 Å². The Morgan fingerprint density at radius 3 is 2.15 bits per heavy atom. The topological polar surface area (TPSA) is 32.7 Å². The van der Waals surface area contributed by atoms with Crippen LogP contribution in [0.4, 0.5) is 0 Å². The van der Waals surface area contributed by atoms with E-state index in [-0.39, 0.29) is 12.7 Å². The number of likely N-dealkylation sites (N-methyl/N-ethyl adjacent to an activating group) is 1. The van der Waals surface area contributed by atoms with Crippen molar-refractivity contribution in [1.29, 1.82) is 0 Å². The number of rotatable bonds is 1. The maximum absolute atomic E-state index is 8.66. The minimum absolute atomic E-state index is 0.0451. The van der Waals surface area contributed by atoms with Crippen molar-refractivity contribution < 1.29 is 9.84 Å². The Kier molecular flexibility index (Phi) is 14.0. The monoisotopic (exact) mass is 191 g/mol. The van der Waals surface area contributed by atoms with Crippen LogP contribution in [0.2, 0.25) is 0 Å². The number of aliphatic hydroxyl groups excluding tert-OH is 1. The molecule has 1 heterocycles. The van der Waals surface area contributed by atoms with Gasteiger partial charge in [-0.05, 0) is 7.05 Å². The molecule has 0 aromatic rings. The van der Waals surface area contributed by atoms with Crippen LogP contribution in [-0.4, -0.2) is 49.5 Å². The molecule has 1 saturated heterocycles. The Morgan fingerprint density at radius 2 is 1.85 bits per heavy atom. The van der Waals surface area contributed by atoms with Gasteiger partial charge in [0.05, 0.1) is 19.3 Å². The molecular weight excluding hydrogens is 166 g/mol. The van der Waals surface area contributed by atoms with E-state index in [1.807, 2.05) is 34.7 Å². The molecule has 0 spiro atoms. The maximum Gasteiger partial charge on any atom is 0.0932 e. The van der Waals surface area contributed by atoms with Crippen molar-refractivity contribution in [3.63, 3.8) is 0 Å². The SMILES string of the molecule is CC.CC.CN1CCO[C@H](CO)C1. The zero-order chi connectivity index (χ0) is 10.7. The van der Waals surface area contributed by atoms with E-state index in [1.54, 1.807) is 0 Å². The lowest BCUT2D eigenvalue weighted by Crippen LogP contribution is -2.41. The number of aliphatic hydroxyl groups is 1. The van der Waals surface area contributed by atoms with E-state index in [1.165, 1.54) is 0 Å². The van der Waals surface area contributed by atoms with E-state index in [0.29, 0.717) is 0 Å². The summed E-state index contributed by atoms with van der Waals surface area (Å²) in [6.45, 7) is 10.7. The van der Waals surface area contributed by atoms with Crippen molar-refractivity contribution >= 4 is 0 Å². The van der Waals surface area contributed by atoms with E-state index in [0.717, 1.165) is 19.7 Å². The highest BCUT2D eigenvalue weighted by Crippen LogP contribution is 2.00. The molecule has 0 aromatic carbocycles. The fourth-order valence-corrected chi connectivity index (χ4v) is 0.977. The Labute approximate surface area is 82.7 Å². The number of morpholine rings is 1. The molecule has 13 heavy (non-hydrogen) atoms. The van der Waals surface area contributed by atoms with Gasteiger partial charge < -0.3 is 14.7 Å². The van der Waals surface area contributed by atoms with Crippen LogP contribution >= 0.6 is 0 Å². The summed E-state index contributed by atoms with van der Waals surface area (Å²) in [5.41, 5.74) is 0. The van der Waals surface area contributed by atoms with Gasteiger partial charge in [-0.1, -0.05) is 27.7 Å². The zero-order valence-electron chi connectivity index (χ0n) is 9.71. The van der Waals surface area contributed by atoms with E-state index < -0.39 is 0 Å². The third-order valence-electron chi connectivity index (χ3n) is 1.55. The summed E-state index contributed by atoms with van der Waals surface area (Å²) < 4.78 is 5.21. The highest BCUT2D eigenvalue weighted by molar-refractivity contribution is 4.66. The number of ether oxygens (including phenoxy) is 1. The van der Waals surface area contributed by atoms with Crippen molar-refractivity contribution in [3.8, 4) is 0 Å². The van der Waals surface area contributed by atoms with Crippen LogP contribution in [0.25, 0.3) is 0 Å². The van der Waals surface area contributed by atoms with E-state index in [2.05, 4.69) is 4.90 Å². The third kappa shape index (κ3) is 8.22. The molecule has 0 saturated carbocycles. The third-order valence-corrected chi connectivity index (χ3v) is 1.55. The Balaban J connectivity index is 0. The van der Waals surface area contributed by atoms with Gasteiger partial charge in [0.2, 0.25) is 0 Å². The summed E-state index contributed by atoms with van der Waals surface area (Å²) in [5.74, 6) is 0. The van der Waals surface area contributed by atoms with Gasteiger partial charge >= 0.3 is 0 Å². The first kappa shape index (κ1) is 15.4. The largest absolute Gasteiger partial charge is 0.394 e. The fourth-order valence-electron chi connectivity index (χ4n) is 0.977. The first-order chi connectivity index (χ1) is 6.33. The van der Waals surface area contributed by atoms with Gasteiger partial charge in [0.25, 0.3) is 0 Å². The summed E-state index contributed by atoms with van der Waals surface area (Å²) in [4.78, 5) is 2.16. The molecule has 1 rings (SSSR count). The molecule has 82 valence electrons. The number of hydrogen-bond acceptors (Lipinski definition) is 3. The molecule has 0 amide bonds. The lowest BCUT2D eigenvalue weighted by molar-refractivity contribution is -0.0453. The fraction of sp³-hybridized carbons (Fsp3) is 1.00. The van der Waals surface area contributed by atoms with E-state index in [9.17, 15) is 0 Å². The molecule has 0 unspecified atom stereocenters. The highest BCUT2D eigenvalue weighted by atomic mass is 16.5. The molecule has 0 radical (unpaired) electrons. The van der Waals surface area contributed by atoms with Crippen molar-refractivity contribution in [1.82, 2.24) is 4.90 Å². The predicted molar refractivity (Wildman–Crippen MR) is 57.0 cm³/mol. The van der Waals surface area contributed by atoms with Crippen molar-refractivity contribution in [2.45, 2.75) is 33.8 Å². The maximum atomic E-state index is 8.66. The second-order valence-electron chi connectivity index (χ2n) is 2.44. The molecule has 1 aliphatic rings. The summed E-state index contributed by atoms with van der Waals surface area (Å²) in [5, 5.41) is 8.66. The molecule has 1 aliphatic heterocycles. The molecule has 0 aromatic heterocycles. The van der Waals surface area contributed by atoms with Gasteiger partial charge in [-0.25, -0.2) is 0 Å². The molecule has 3 heteroatoms. The van der Waals surface area contributed by atoms with Crippen molar-refractivity contribution in [2.75, 3.05) is 33.4 Å². The second-order valence-corrected chi connectivity index (χ2v) is 2.44. The van der Waals surface area contributed by atoms with Gasteiger partial charge in [0, 0.05) is 13.1 Å². The quantitative estimate of drug-likeness (QED) is 0.679. The lowest BCUT2D eigenvalue weighted by Gasteiger charge is -2.28. The molecule has 1 fully saturated rings. The Morgan fingerprint density at radius 1 is 1.31 bits per heavy atom. The van der Waals surface area contributed by atoms with Crippen molar-refractivity contribution in [2.24, 2.45) is 0 Å². The first-order valence-electron chi connectivity index (χ1n) is 5.24. The van der Waals surface area contributed by atoms with Crippen LogP contribution in [0, 0.1) is 0 Å². The standard InChI is InChI=1S/C6H13NO2.2C2H6/c1-7-2-3-9-6(4-7)5-8;2*1-2/h6,8H,2-5H2,1H3;2*1-2H3/t6-;;/m0../s1.